The zero-order chi connectivity index (χ0) is 26.1. The number of aliphatic hydroxyl groups is 2. The Kier molecular flexibility index (Phi) is 8.83. The van der Waals surface area contributed by atoms with Crippen LogP contribution in [0.2, 0.25) is 0 Å². The summed E-state index contributed by atoms with van der Waals surface area (Å²) in [5.74, 6) is -1.03. The van der Waals surface area contributed by atoms with Gasteiger partial charge in [-0.1, -0.05) is 41.0 Å². The molecule has 0 saturated carbocycles. The third kappa shape index (κ3) is 6.70. The van der Waals surface area contributed by atoms with E-state index in [-0.39, 0.29) is 47.7 Å². The first-order chi connectivity index (χ1) is 16.2. The van der Waals surface area contributed by atoms with E-state index in [2.05, 4.69) is 29.5 Å². The Labute approximate surface area is 214 Å². The molecule has 3 heterocycles. The molecule has 0 spiro atoms. The Balaban J connectivity index is 1.80. The van der Waals surface area contributed by atoms with Crippen molar-refractivity contribution in [1.29, 1.82) is 0 Å². The number of ketones is 1. The van der Waals surface area contributed by atoms with Gasteiger partial charge in [0.05, 0.1) is 46.5 Å². The molecule has 2 saturated heterocycles. The number of hydrogen-bond donors (Lipinski definition) is 3. The highest BCUT2D eigenvalue weighted by Gasteiger charge is 2.52. The van der Waals surface area contributed by atoms with Crippen LogP contribution in [0.5, 0.6) is 0 Å². The van der Waals surface area contributed by atoms with Crippen LogP contribution in [0, 0.1) is 30.1 Å². The predicted octanol–water partition coefficient (Wildman–Crippen LogP) is 3.83. The fourth-order valence-corrected chi connectivity index (χ4v) is 6.11. The summed E-state index contributed by atoms with van der Waals surface area (Å²) in [4.78, 5) is 30.9. The van der Waals surface area contributed by atoms with Gasteiger partial charge < -0.3 is 20.3 Å². The third-order valence-electron chi connectivity index (χ3n) is 8.42. The van der Waals surface area contributed by atoms with Crippen molar-refractivity contribution < 1.29 is 24.5 Å². The van der Waals surface area contributed by atoms with E-state index in [4.69, 9.17) is 4.74 Å². The molecule has 0 aliphatic carbocycles. The monoisotopic (exact) mass is 508 g/mol. The summed E-state index contributed by atoms with van der Waals surface area (Å²) in [6, 6.07) is -0.130. The van der Waals surface area contributed by atoms with Crippen LogP contribution in [0.3, 0.4) is 0 Å². The van der Waals surface area contributed by atoms with Crippen molar-refractivity contribution in [3.8, 4) is 0 Å². The van der Waals surface area contributed by atoms with E-state index >= 15 is 0 Å². The highest BCUT2D eigenvalue weighted by atomic mass is 32.1. The quantitative estimate of drug-likeness (QED) is 0.535. The van der Waals surface area contributed by atoms with Gasteiger partial charge in [0.25, 0.3) is 0 Å². The normalized spacial score (nSPS) is 37.9. The highest BCUT2D eigenvalue weighted by molar-refractivity contribution is 7.09. The Morgan fingerprint density at radius 2 is 1.94 bits per heavy atom. The minimum absolute atomic E-state index is 0.0479. The van der Waals surface area contributed by atoms with E-state index in [1.54, 1.807) is 32.1 Å². The molecule has 7 nitrogen and oxygen atoms in total. The van der Waals surface area contributed by atoms with Gasteiger partial charge in [0, 0.05) is 17.3 Å². The zero-order valence-corrected chi connectivity index (χ0v) is 23.2. The maximum atomic E-state index is 13.2. The molecule has 3 rings (SSSR count). The zero-order valence-electron chi connectivity index (χ0n) is 22.3. The molecule has 1 amide bonds. The van der Waals surface area contributed by atoms with E-state index in [0.29, 0.717) is 6.42 Å². The van der Waals surface area contributed by atoms with Crippen molar-refractivity contribution in [2.45, 2.75) is 117 Å². The van der Waals surface area contributed by atoms with Crippen LogP contribution in [0.15, 0.2) is 5.38 Å². The molecule has 1 aromatic heterocycles. The lowest BCUT2D eigenvalue weighted by Crippen LogP contribution is -2.48. The molecule has 2 fully saturated rings. The topological polar surface area (TPSA) is 112 Å². The summed E-state index contributed by atoms with van der Waals surface area (Å²) in [5.41, 5.74) is -0.356. The molecule has 0 bridgehead atoms. The molecule has 0 aromatic carbocycles. The molecular formula is C27H44N2O5S. The maximum absolute atomic E-state index is 13.2. The number of amides is 1. The first kappa shape index (κ1) is 28.2. The molecule has 0 radical (unpaired) electrons. The smallest absolute Gasteiger partial charge is 0.222 e. The van der Waals surface area contributed by atoms with Crippen molar-refractivity contribution in [1.82, 2.24) is 10.3 Å². The van der Waals surface area contributed by atoms with Crippen molar-refractivity contribution in [2.24, 2.45) is 23.2 Å². The number of aryl methyl sites for hydroxylation is 1. The minimum Gasteiger partial charge on any atom is -0.392 e. The van der Waals surface area contributed by atoms with Crippen molar-refractivity contribution in [3.63, 3.8) is 0 Å². The van der Waals surface area contributed by atoms with Crippen LogP contribution >= 0.6 is 11.3 Å². The van der Waals surface area contributed by atoms with Gasteiger partial charge in [0.2, 0.25) is 5.91 Å². The number of nitrogens with zero attached hydrogens (tertiary/aromatic N) is 1. The summed E-state index contributed by atoms with van der Waals surface area (Å²) in [7, 11) is 0. The van der Waals surface area contributed by atoms with Crippen LogP contribution in [0.1, 0.15) is 84.3 Å². The molecule has 3 N–H and O–H groups in total. The number of fused-ring (bicyclic) bond motifs is 1. The number of carbonyl (C=O) groups excluding carboxylic acids is 2. The summed E-state index contributed by atoms with van der Waals surface area (Å²) in [6.07, 6.45) is 1.96. The van der Waals surface area contributed by atoms with Gasteiger partial charge in [-0.05, 0) is 51.4 Å². The van der Waals surface area contributed by atoms with E-state index in [1.165, 1.54) is 0 Å². The first-order valence-corrected chi connectivity index (χ1v) is 13.9. The Morgan fingerprint density at radius 3 is 2.57 bits per heavy atom. The van der Waals surface area contributed by atoms with E-state index in [1.807, 2.05) is 13.8 Å². The number of aliphatic hydroxyl groups excluding tert-OH is 2. The summed E-state index contributed by atoms with van der Waals surface area (Å²) >= 11 is 1.62. The second kappa shape index (κ2) is 11.0. The maximum Gasteiger partial charge on any atom is 0.222 e. The van der Waals surface area contributed by atoms with Crippen LogP contribution < -0.4 is 5.32 Å². The fraction of sp³-hybridized carbons (Fsp3) is 0.815. The Hall–Kier alpha value is -1.35. The average Bonchev–Trinajstić information content (AvgIpc) is 3.22. The number of Topliss-reactive ketones (excluding diaryl/α,β-unsaturated/α-hetero) is 1. The Morgan fingerprint density at radius 1 is 1.26 bits per heavy atom. The van der Waals surface area contributed by atoms with Crippen LogP contribution in [0.25, 0.3) is 0 Å². The summed E-state index contributed by atoms with van der Waals surface area (Å²) in [5, 5.41) is 28.0. The molecule has 198 valence electrons. The van der Waals surface area contributed by atoms with Crippen LogP contribution in [0.4, 0.5) is 0 Å². The second-order valence-corrected chi connectivity index (χ2v) is 12.9. The number of thiazole rings is 1. The predicted molar refractivity (Wildman–Crippen MR) is 137 cm³/mol. The second-order valence-electron chi connectivity index (χ2n) is 11.8. The molecule has 1 unspecified atom stereocenters. The van der Waals surface area contributed by atoms with Gasteiger partial charge in [-0.25, -0.2) is 4.98 Å². The molecule has 35 heavy (non-hydrogen) atoms. The Bertz CT molecular complexity index is 902. The van der Waals surface area contributed by atoms with Crippen LogP contribution in [-0.4, -0.2) is 56.8 Å². The van der Waals surface area contributed by atoms with Gasteiger partial charge in [0.15, 0.2) is 0 Å². The number of rotatable bonds is 3. The number of nitrogens with one attached hydrogen (secondary N) is 1. The molecule has 8 heteroatoms. The standard InChI is InChI=1S/C27H44N2O5S/c1-15-9-8-10-27(7)22(34-27)12-20(16(2)11-19-14-35-18(4)28-19)29-23(31)13-21(30)26(5,6)25(33)17(3)24(15)32/h14-17,20-22,24,30,32H,8-13H2,1-7H3,(H,29,31)/t15-,16?,17+,20-,21-,22+,24-,27+/m1/s1. The van der Waals surface area contributed by atoms with Crippen molar-refractivity contribution in [3.05, 3.63) is 16.1 Å². The highest BCUT2D eigenvalue weighted by Crippen LogP contribution is 2.44. The molecule has 2 aliphatic rings. The van der Waals surface area contributed by atoms with Gasteiger partial charge in [-0.2, -0.15) is 0 Å². The lowest BCUT2D eigenvalue weighted by atomic mass is 9.72. The fourth-order valence-electron chi connectivity index (χ4n) is 5.49. The van der Waals surface area contributed by atoms with Gasteiger partial charge >= 0.3 is 0 Å². The summed E-state index contributed by atoms with van der Waals surface area (Å²) in [6.45, 7) is 13.2. The lowest BCUT2D eigenvalue weighted by molar-refractivity contribution is -0.143. The number of hydrogen-bond acceptors (Lipinski definition) is 7. The van der Waals surface area contributed by atoms with E-state index in [9.17, 15) is 19.8 Å². The van der Waals surface area contributed by atoms with Gasteiger partial charge in [-0.3, -0.25) is 9.59 Å². The molecule has 1 aromatic rings. The van der Waals surface area contributed by atoms with Crippen molar-refractivity contribution in [2.75, 3.05) is 0 Å². The van der Waals surface area contributed by atoms with Crippen molar-refractivity contribution >= 4 is 23.0 Å². The molecular weight excluding hydrogens is 464 g/mol. The first-order valence-electron chi connectivity index (χ1n) is 13.0. The van der Waals surface area contributed by atoms with Gasteiger partial charge in [0.1, 0.15) is 5.78 Å². The number of epoxide rings is 1. The number of aromatic nitrogens is 1. The number of carbonyl (C=O) groups is 2. The average molecular weight is 509 g/mol. The largest absolute Gasteiger partial charge is 0.392 e. The lowest BCUT2D eigenvalue weighted by Gasteiger charge is -2.35. The van der Waals surface area contributed by atoms with Crippen LogP contribution in [-0.2, 0) is 20.7 Å². The molecule has 2 aliphatic heterocycles. The van der Waals surface area contributed by atoms with Gasteiger partial charge in [-0.15, -0.1) is 11.3 Å². The van der Waals surface area contributed by atoms with E-state index in [0.717, 1.165) is 36.4 Å². The SMILES string of the molecule is Cc1nc(CC(C)[C@H]2C[C@@H]3O[C@@]3(C)CCC[C@@H](C)[C@@H](O)[C@H](C)C(=O)C(C)(C)[C@H](O)CC(=O)N2)cs1. The summed E-state index contributed by atoms with van der Waals surface area (Å²) < 4.78 is 6.12. The third-order valence-corrected chi connectivity index (χ3v) is 9.25. The number of ether oxygens (including phenoxy) is 1. The van der Waals surface area contributed by atoms with E-state index < -0.39 is 23.5 Å². The molecule has 8 atom stereocenters. The minimum atomic E-state index is -1.15.